The topological polar surface area (TPSA) is 118 Å². The molecule has 0 aliphatic carbocycles. The average Bonchev–Trinajstić information content (AvgIpc) is 2.44. The molecule has 9 heteroatoms. The third kappa shape index (κ3) is 3.86. The van der Waals surface area contributed by atoms with Crippen LogP contribution in [0.4, 0.5) is 5.69 Å². The molecule has 120 valence electrons. The quantitative estimate of drug-likeness (QED) is 0.663. The molecule has 7 nitrogen and oxygen atoms in total. The van der Waals surface area contributed by atoms with Crippen LogP contribution in [0.3, 0.4) is 0 Å². The first kappa shape index (κ1) is 16.9. The number of nitrogens with zero attached hydrogens (tertiary/aromatic N) is 1. The Hall–Kier alpha value is -2.42. The first-order valence-corrected chi connectivity index (χ1v) is 7.86. The maximum atomic E-state index is 11.4. The number of hydrogen-bond acceptors (Lipinski definition) is 4. The van der Waals surface area contributed by atoms with Crippen LogP contribution in [0.1, 0.15) is 0 Å². The Bertz CT molecular complexity index is 1020. The van der Waals surface area contributed by atoms with Crippen LogP contribution in [0.5, 0.6) is 0 Å². The van der Waals surface area contributed by atoms with Crippen molar-refractivity contribution in [3.05, 3.63) is 59.0 Å². The summed E-state index contributed by atoms with van der Waals surface area (Å²) in [6.07, 6.45) is 1.58. The standard InChI is InChI=1S/C14H12N4O3S.ClH/c15-22(20,21)18-10-3-1-2-9(8-10)11-6-7-16-14-12(11)4-5-13(19)17-14;/h1-8,18H,(H2,15,20,21)(H,16,17,19);1H. The predicted octanol–water partition coefficient (Wildman–Crippen LogP) is 1.63. The molecule has 2 heterocycles. The van der Waals surface area contributed by atoms with Gasteiger partial charge in [-0.1, -0.05) is 12.1 Å². The molecule has 0 saturated carbocycles. The first-order valence-electron chi connectivity index (χ1n) is 6.31. The van der Waals surface area contributed by atoms with Crippen molar-refractivity contribution in [3.63, 3.8) is 0 Å². The second-order valence-electron chi connectivity index (χ2n) is 4.67. The van der Waals surface area contributed by atoms with Crippen molar-refractivity contribution in [3.8, 4) is 11.1 Å². The third-order valence-corrected chi connectivity index (χ3v) is 3.59. The van der Waals surface area contributed by atoms with Gasteiger partial charge in [0.15, 0.2) is 0 Å². The van der Waals surface area contributed by atoms with Crippen LogP contribution in [-0.2, 0) is 10.2 Å². The highest BCUT2D eigenvalue weighted by Crippen LogP contribution is 2.28. The molecule has 0 amide bonds. The summed E-state index contributed by atoms with van der Waals surface area (Å²) >= 11 is 0. The van der Waals surface area contributed by atoms with E-state index in [2.05, 4.69) is 14.7 Å². The Balaban J connectivity index is 0.00000192. The second-order valence-corrected chi connectivity index (χ2v) is 5.97. The summed E-state index contributed by atoms with van der Waals surface area (Å²) in [7, 11) is -3.83. The van der Waals surface area contributed by atoms with Gasteiger partial charge in [-0.15, -0.1) is 12.4 Å². The molecule has 3 rings (SSSR count). The Kier molecular flexibility index (Phi) is 4.69. The molecule has 0 aliphatic heterocycles. The summed E-state index contributed by atoms with van der Waals surface area (Å²) in [6.45, 7) is 0. The number of hydrogen-bond donors (Lipinski definition) is 3. The number of nitrogens with one attached hydrogen (secondary N) is 2. The number of rotatable bonds is 3. The smallest absolute Gasteiger partial charge is 0.296 e. The van der Waals surface area contributed by atoms with Gasteiger partial charge in [-0.25, -0.2) is 10.1 Å². The number of pyridine rings is 2. The van der Waals surface area contributed by atoms with E-state index in [0.717, 1.165) is 16.5 Å². The van der Waals surface area contributed by atoms with Crippen molar-refractivity contribution >= 4 is 39.3 Å². The monoisotopic (exact) mass is 352 g/mol. The highest BCUT2D eigenvalue weighted by Gasteiger charge is 2.08. The van der Waals surface area contributed by atoms with Crippen LogP contribution < -0.4 is 15.4 Å². The summed E-state index contributed by atoms with van der Waals surface area (Å²) in [6, 6.07) is 11.7. The number of anilines is 1. The normalized spacial score (nSPS) is 11.0. The largest absolute Gasteiger partial charge is 0.307 e. The average molecular weight is 353 g/mol. The number of halogens is 1. The highest BCUT2D eigenvalue weighted by atomic mass is 35.5. The fraction of sp³-hybridized carbons (Fsp3) is 0. The Morgan fingerprint density at radius 2 is 1.91 bits per heavy atom. The number of aromatic nitrogens is 2. The minimum atomic E-state index is -3.83. The van der Waals surface area contributed by atoms with Crippen LogP contribution >= 0.6 is 12.4 Å². The third-order valence-electron chi connectivity index (χ3n) is 3.07. The minimum absolute atomic E-state index is 0. The Morgan fingerprint density at radius 3 is 2.65 bits per heavy atom. The summed E-state index contributed by atoms with van der Waals surface area (Å²) in [4.78, 5) is 18.1. The molecule has 1 aromatic carbocycles. The fourth-order valence-electron chi connectivity index (χ4n) is 2.23. The van der Waals surface area contributed by atoms with Gasteiger partial charge in [-0.05, 0) is 35.4 Å². The van der Waals surface area contributed by atoms with Gasteiger partial charge < -0.3 is 4.98 Å². The van der Waals surface area contributed by atoms with Crippen LogP contribution in [0.15, 0.2) is 53.5 Å². The zero-order valence-corrected chi connectivity index (χ0v) is 13.3. The minimum Gasteiger partial charge on any atom is -0.307 e. The lowest BCUT2D eigenvalue weighted by Crippen LogP contribution is -2.21. The number of fused-ring (bicyclic) bond motifs is 1. The lowest BCUT2D eigenvalue weighted by atomic mass is 10.0. The van der Waals surface area contributed by atoms with Gasteiger partial charge in [0.25, 0.3) is 10.2 Å². The molecule has 23 heavy (non-hydrogen) atoms. The lowest BCUT2D eigenvalue weighted by Gasteiger charge is -2.08. The van der Waals surface area contributed by atoms with E-state index in [0.29, 0.717) is 11.3 Å². The lowest BCUT2D eigenvalue weighted by molar-refractivity contribution is 0.603. The summed E-state index contributed by atoms with van der Waals surface area (Å²) < 4.78 is 24.5. The molecule has 0 radical (unpaired) electrons. The molecule has 0 atom stereocenters. The molecule has 0 fully saturated rings. The van der Waals surface area contributed by atoms with E-state index in [9.17, 15) is 13.2 Å². The van der Waals surface area contributed by atoms with Crippen molar-refractivity contribution in [1.82, 2.24) is 9.97 Å². The fourth-order valence-corrected chi connectivity index (χ4v) is 2.68. The van der Waals surface area contributed by atoms with Gasteiger partial charge in [0.2, 0.25) is 5.56 Å². The molecular formula is C14H13ClN4O3S. The van der Waals surface area contributed by atoms with Gasteiger partial charge in [0.1, 0.15) is 5.65 Å². The van der Waals surface area contributed by atoms with E-state index in [4.69, 9.17) is 5.14 Å². The molecule has 0 saturated heterocycles. The van der Waals surface area contributed by atoms with Gasteiger partial charge in [0.05, 0.1) is 5.69 Å². The first-order chi connectivity index (χ1) is 10.4. The van der Waals surface area contributed by atoms with E-state index in [1.165, 1.54) is 6.07 Å². The van der Waals surface area contributed by atoms with Crippen molar-refractivity contribution in [2.24, 2.45) is 5.14 Å². The summed E-state index contributed by atoms with van der Waals surface area (Å²) in [5, 5.41) is 5.73. The van der Waals surface area contributed by atoms with E-state index < -0.39 is 10.2 Å². The van der Waals surface area contributed by atoms with Crippen molar-refractivity contribution in [2.75, 3.05) is 4.72 Å². The molecule has 2 aromatic heterocycles. The second kappa shape index (κ2) is 6.37. The van der Waals surface area contributed by atoms with Gasteiger partial charge >= 0.3 is 0 Å². The molecule has 0 bridgehead atoms. The Morgan fingerprint density at radius 1 is 1.13 bits per heavy atom. The molecule has 0 unspecified atom stereocenters. The van der Waals surface area contributed by atoms with Gasteiger partial charge in [-0.3, -0.25) is 9.52 Å². The number of aromatic amines is 1. The van der Waals surface area contributed by atoms with E-state index in [1.54, 1.807) is 36.5 Å². The summed E-state index contributed by atoms with van der Waals surface area (Å²) in [5.41, 5.74) is 2.18. The van der Waals surface area contributed by atoms with Crippen molar-refractivity contribution in [1.29, 1.82) is 0 Å². The molecule has 0 aliphatic rings. The van der Waals surface area contributed by atoms with Crippen molar-refractivity contribution in [2.45, 2.75) is 0 Å². The predicted molar refractivity (Wildman–Crippen MR) is 91.8 cm³/mol. The molecule has 0 spiro atoms. The number of H-pyrrole nitrogens is 1. The SMILES string of the molecule is Cl.NS(=O)(=O)Nc1cccc(-c2ccnc3[nH]c(=O)ccc23)c1. The van der Waals surface area contributed by atoms with E-state index in [-0.39, 0.29) is 18.0 Å². The molecule has 4 N–H and O–H groups in total. The maximum absolute atomic E-state index is 11.4. The highest BCUT2D eigenvalue weighted by molar-refractivity contribution is 7.90. The molecular weight excluding hydrogens is 340 g/mol. The number of benzene rings is 1. The summed E-state index contributed by atoms with van der Waals surface area (Å²) in [5.74, 6) is 0. The zero-order chi connectivity index (χ0) is 15.7. The van der Waals surface area contributed by atoms with Crippen LogP contribution in [0.2, 0.25) is 0 Å². The van der Waals surface area contributed by atoms with Crippen LogP contribution in [0, 0.1) is 0 Å². The van der Waals surface area contributed by atoms with Crippen LogP contribution in [-0.4, -0.2) is 18.4 Å². The van der Waals surface area contributed by atoms with Gasteiger partial charge in [-0.2, -0.15) is 8.42 Å². The van der Waals surface area contributed by atoms with Gasteiger partial charge in [0, 0.05) is 17.6 Å². The maximum Gasteiger partial charge on any atom is 0.296 e. The Labute approximate surface area is 138 Å². The van der Waals surface area contributed by atoms with Crippen LogP contribution in [0.25, 0.3) is 22.2 Å². The van der Waals surface area contributed by atoms with Crippen molar-refractivity contribution < 1.29 is 8.42 Å². The number of nitrogens with two attached hydrogens (primary N) is 1. The van der Waals surface area contributed by atoms with E-state index in [1.807, 2.05) is 6.07 Å². The van der Waals surface area contributed by atoms with E-state index >= 15 is 0 Å². The molecule has 3 aromatic rings. The zero-order valence-electron chi connectivity index (χ0n) is 11.7.